The largest absolute Gasteiger partial charge is 0.495 e. The first-order valence-corrected chi connectivity index (χ1v) is 12.5. The van der Waals surface area contributed by atoms with E-state index in [4.69, 9.17) is 28.7 Å². The molecule has 0 N–H and O–H groups in total. The molecule has 3 aromatic rings. The topological polar surface area (TPSA) is 82.6 Å². The first-order chi connectivity index (χ1) is 17.2. The van der Waals surface area contributed by atoms with E-state index < -0.39 is 6.10 Å². The third-order valence-electron chi connectivity index (χ3n) is 6.14. The van der Waals surface area contributed by atoms with Gasteiger partial charge in [0.25, 0.3) is 5.91 Å². The van der Waals surface area contributed by atoms with Gasteiger partial charge in [0.2, 0.25) is 6.10 Å². The fourth-order valence-corrected chi connectivity index (χ4v) is 5.39. The average Bonchev–Trinajstić information content (AvgIpc) is 3.35. The summed E-state index contributed by atoms with van der Waals surface area (Å²) in [6.07, 6.45) is 0.0317. The van der Waals surface area contributed by atoms with Crippen LogP contribution in [0, 0.1) is 0 Å². The Morgan fingerprint density at radius 2 is 1.86 bits per heavy atom. The molecule has 1 fully saturated rings. The zero-order chi connectivity index (χ0) is 24.2. The van der Waals surface area contributed by atoms with E-state index in [2.05, 4.69) is 4.90 Å². The number of morpholine rings is 1. The Morgan fingerprint density at radius 3 is 2.63 bits per heavy atom. The Kier molecular flexibility index (Phi) is 7.21. The number of aromatic nitrogens is 1. The van der Waals surface area contributed by atoms with E-state index in [0.717, 1.165) is 44.0 Å². The quantitative estimate of drug-likeness (QED) is 0.467. The maximum atomic E-state index is 13.8. The van der Waals surface area contributed by atoms with Gasteiger partial charge in [-0.25, -0.2) is 4.98 Å². The number of thiazole rings is 1. The molecule has 186 valence electrons. The first kappa shape index (κ1) is 23.7. The fraction of sp³-hybridized carbons (Fsp3) is 0.440. The molecule has 1 unspecified atom stereocenters. The number of hydrogen-bond acceptors (Lipinski definition) is 9. The van der Waals surface area contributed by atoms with Crippen LogP contribution in [0.15, 0.2) is 36.4 Å². The minimum Gasteiger partial charge on any atom is -0.495 e. The van der Waals surface area contributed by atoms with Crippen molar-refractivity contribution in [3.8, 4) is 23.0 Å². The van der Waals surface area contributed by atoms with Crippen LogP contribution in [0.1, 0.15) is 6.42 Å². The van der Waals surface area contributed by atoms with Crippen molar-refractivity contribution in [1.82, 2.24) is 9.88 Å². The van der Waals surface area contributed by atoms with Crippen molar-refractivity contribution in [3.63, 3.8) is 0 Å². The van der Waals surface area contributed by atoms with Crippen molar-refractivity contribution >= 4 is 32.6 Å². The molecule has 10 heteroatoms. The first-order valence-electron chi connectivity index (χ1n) is 11.7. The molecule has 2 aromatic carbocycles. The van der Waals surface area contributed by atoms with Gasteiger partial charge >= 0.3 is 0 Å². The molecule has 0 spiro atoms. The summed E-state index contributed by atoms with van der Waals surface area (Å²) >= 11 is 1.41. The van der Waals surface area contributed by atoms with Crippen LogP contribution in [0.4, 0.5) is 5.13 Å². The summed E-state index contributed by atoms with van der Waals surface area (Å²) in [5.41, 5.74) is 0.670. The van der Waals surface area contributed by atoms with Crippen molar-refractivity contribution in [2.24, 2.45) is 0 Å². The van der Waals surface area contributed by atoms with Gasteiger partial charge < -0.3 is 23.7 Å². The van der Waals surface area contributed by atoms with Gasteiger partial charge in [0.05, 0.1) is 27.4 Å². The number of carbonyl (C=O) groups is 1. The van der Waals surface area contributed by atoms with Crippen LogP contribution in [0.3, 0.4) is 0 Å². The smallest absolute Gasteiger partial charge is 0.273 e. The summed E-state index contributed by atoms with van der Waals surface area (Å²) in [4.78, 5) is 22.6. The molecule has 2 aliphatic rings. The molecule has 0 bridgehead atoms. The number of ether oxygens (including phenoxy) is 5. The third kappa shape index (κ3) is 5.00. The number of para-hydroxylation sites is 2. The molecular weight excluding hydrogens is 470 g/mol. The van der Waals surface area contributed by atoms with Crippen molar-refractivity contribution in [2.75, 3.05) is 65.1 Å². The van der Waals surface area contributed by atoms with E-state index in [0.29, 0.717) is 40.2 Å². The second-order valence-electron chi connectivity index (χ2n) is 8.31. The minimum atomic E-state index is -0.760. The number of carbonyl (C=O) groups excluding carboxylic acids is 1. The monoisotopic (exact) mass is 499 g/mol. The molecule has 3 heterocycles. The lowest BCUT2D eigenvalue weighted by Crippen LogP contribution is -2.47. The standard InChI is InChI=1S/C25H29N3O6S/c1-30-19-8-9-20(31-2)23-22(19)26-25(35-23)28(11-5-10-27-12-14-32-15-13-27)24(29)21-16-33-17-6-3-4-7-18(17)34-21/h3-4,6-9,21H,5,10-16H2,1-2H3. The lowest BCUT2D eigenvalue weighted by Gasteiger charge is -2.31. The van der Waals surface area contributed by atoms with Crippen LogP contribution in [-0.2, 0) is 9.53 Å². The third-order valence-corrected chi connectivity index (χ3v) is 7.23. The van der Waals surface area contributed by atoms with Gasteiger partial charge in [-0.1, -0.05) is 23.5 Å². The number of benzene rings is 2. The zero-order valence-electron chi connectivity index (χ0n) is 19.9. The van der Waals surface area contributed by atoms with E-state index in [-0.39, 0.29) is 12.5 Å². The van der Waals surface area contributed by atoms with E-state index in [9.17, 15) is 4.79 Å². The number of nitrogens with zero attached hydrogens (tertiary/aromatic N) is 3. The Bertz CT molecular complexity index is 1140. The molecule has 1 aromatic heterocycles. The lowest BCUT2D eigenvalue weighted by molar-refractivity contribution is -0.127. The second-order valence-corrected chi connectivity index (χ2v) is 9.28. The zero-order valence-corrected chi connectivity index (χ0v) is 20.7. The van der Waals surface area contributed by atoms with E-state index in [1.807, 2.05) is 36.4 Å². The summed E-state index contributed by atoms with van der Waals surface area (Å²) < 4.78 is 29.2. The van der Waals surface area contributed by atoms with Gasteiger partial charge in [0.1, 0.15) is 28.3 Å². The summed E-state index contributed by atoms with van der Waals surface area (Å²) in [6, 6.07) is 11.1. The van der Waals surface area contributed by atoms with Crippen LogP contribution >= 0.6 is 11.3 Å². The van der Waals surface area contributed by atoms with Gasteiger partial charge in [-0.15, -0.1) is 0 Å². The van der Waals surface area contributed by atoms with Crippen molar-refractivity contribution < 1.29 is 28.5 Å². The Morgan fingerprint density at radius 1 is 1.11 bits per heavy atom. The number of anilines is 1. The highest BCUT2D eigenvalue weighted by atomic mass is 32.1. The van der Waals surface area contributed by atoms with Crippen LogP contribution in [-0.4, -0.2) is 82.1 Å². The summed E-state index contributed by atoms with van der Waals surface area (Å²) in [6.45, 7) is 4.81. The highest BCUT2D eigenvalue weighted by molar-refractivity contribution is 7.22. The Hall–Kier alpha value is -3.08. The molecule has 35 heavy (non-hydrogen) atoms. The van der Waals surface area contributed by atoms with Gasteiger partial charge in [-0.05, 0) is 30.7 Å². The predicted octanol–water partition coefficient (Wildman–Crippen LogP) is 3.21. The van der Waals surface area contributed by atoms with Gasteiger partial charge in [0, 0.05) is 26.2 Å². The number of methoxy groups -OCH3 is 2. The minimum absolute atomic E-state index is 0.146. The van der Waals surface area contributed by atoms with Gasteiger partial charge in [0.15, 0.2) is 16.6 Å². The fourth-order valence-electron chi connectivity index (χ4n) is 4.28. The van der Waals surface area contributed by atoms with Crippen LogP contribution in [0.25, 0.3) is 10.2 Å². The maximum absolute atomic E-state index is 13.8. The lowest BCUT2D eigenvalue weighted by atomic mass is 10.2. The molecule has 0 radical (unpaired) electrons. The molecule has 1 atom stereocenters. The van der Waals surface area contributed by atoms with Crippen molar-refractivity contribution in [1.29, 1.82) is 0 Å². The molecule has 2 aliphatic heterocycles. The Balaban J connectivity index is 1.42. The summed E-state index contributed by atoms with van der Waals surface area (Å²) in [5, 5.41) is 0.581. The molecular formula is C25H29N3O6S. The summed E-state index contributed by atoms with van der Waals surface area (Å²) in [5.74, 6) is 2.35. The van der Waals surface area contributed by atoms with Crippen molar-refractivity contribution in [2.45, 2.75) is 12.5 Å². The number of rotatable bonds is 8. The van der Waals surface area contributed by atoms with Gasteiger partial charge in [-0.3, -0.25) is 14.6 Å². The molecule has 9 nitrogen and oxygen atoms in total. The average molecular weight is 500 g/mol. The molecule has 0 saturated carbocycles. The SMILES string of the molecule is COc1ccc(OC)c2sc(N(CCCN3CCOCC3)C(=O)C3COc4ccccc4O3)nc12. The van der Waals surface area contributed by atoms with Gasteiger partial charge in [-0.2, -0.15) is 0 Å². The predicted molar refractivity (Wildman–Crippen MR) is 133 cm³/mol. The number of amides is 1. The van der Waals surface area contributed by atoms with Crippen LogP contribution < -0.4 is 23.8 Å². The number of fused-ring (bicyclic) bond motifs is 2. The second kappa shape index (κ2) is 10.7. The van der Waals surface area contributed by atoms with E-state index >= 15 is 0 Å². The van der Waals surface area contributed by atoms with Crippen LogP contribution in [0.5, 0.6) is 23.0 Å². The molecule has 0 aliphatic carbocycles. The van der Waals surface area contributed by atoms with Crippen LogP contribution in [0.2, 0.25) is 0 Å². The highest BCUT2D eigenvalue weighted by Gasteiger charge is 2.33. The highest BCUT2D eigenvalue weighted by Crippen LogP contribution is 2.40. The van der Waals surface area contributed by atoms with E-state index in [1.54, 1.807) is 19.1 Å². The molecule has 5 rings (SSSR count). The Labute approximate surface area is 208 Å². The molecule has 1 amide bonds. The van der Waals surface area contributed by atoms with Crippen molar-refractivity contribution in [3.05, 3.63) is 36.4 Å². The van der Waals surface area contributed by atoms with E-state index in [1.165, 1.54) is 11.3 Å². The maximum Gasteiger partial charge on any atom is 0.273 e. The normalized spacial score (nSPS) is 17.8. The summed E-state index contributed by atoms with van der Waals surface area (Å²) in [7, 11) is 3.23. The number of hydrogen-bond donors (Lipinski definition) is 0. The molecule has 1 saturated heterocycles.